The molecule has 0 aliphatic rings. The predicted molar refractivity (Wildman–Crippen MR) is 459 cm³/mol. The van der Waals surface area contributed by atoms with E-state index in [4.69, 9.17) is 120 Å². The molecule has 0 bridgehead atoms. The fraction of sp³-hybridized carbons (Fsp3) is 0.986. The van der Waals surface area contributed by atoms with Gasteiger partial charge in [-0.15, -0.1) is 0 Å². The lowest BCUT2D eigenvalue weighted by atomic mass is 9.75. The minimum atomic E-state index is -2.99. The molecule has 0 saturated heterocycles. The zero-order valence-electron chi connectivity index (χ0n) is 74.7. The molecule has 1 amide bonds. The number of hydrogen-bond acceptors (Lipinski definition) is 28. The number of hydrogen-bond donors (Lipinski definition) is 0. The molecular weight excluding hydrogens is 1630 g/mol. The molecule has 0 N–H and O–H groups in total. The van der Waals surface area contributed by atoms with Crippen molar-refractivity contribution in [2.24, 2.45) is 5.41 Å². The van der Waals surface area contributed by atoms with Gasteiger partial charge in [-0.3, -0.25) is 4.79 Å². The first-order valence-electron chi connectivity index (χ1n) is 39.6. The van der Waals surface area contributed by atoms with E-state index in [9.17, 15) is 4.79 Å². The lowest BCUT2D eigenvalue weighted by Gasteiger charge is -2.42. The number of carbonyl (C=O) groups is 1. The number of carbonyl (C=O) groups excluding carboxylic acids is 1. The topological polar surface area (TPSA) is 270 Å². The molecule has 0 aromatic carbocycles. The zero-order valence-corrected chi connectivity index (χ0v) is 86.7. The van der Waals surface area contributed by atoms with Gasteiger partial charge in [0.05, 0.1) is 24.2 Å². The van der Waals surface area contributed by atoms with Gasteiger partial charge in [0, 0.05) is 266 Å². The van der Waals surface area contributed by atoms with Crippen molar-refractivity contribution < 1.29 is 124 Å². The molecule has 0 fully saturated rings. The van der Waals surface area contributed by atoms with Gasteiger partial charge in [-0.1, -0.05) is 150 Å². The van der Waals surface area contributed by atoms with Crippen molar-refractivity contribution in [1.29, 1.82) is 0 Å². The standard InChI is InChI=1S/C69H163NO28Si12/c1-30-70(68(2)71)67-69(43-31-46-99(49-34-58-102(72-3,73-4)74-5,50-35-59-103(75-6,76-7)77-8)51-36-60-104(78-9,79-10)80-11,44-32-47-100(52-37-61-105(81-12,82-13)83-14,53-38-62-106(84-15,85-16)86-17)54-39-63-107(87-18,88-19)89-20)45-33-48-101(55-40-64-108(90-21,91-22)92-23,56-41-65-109(93-24,94-25)95-26)57-42-66-110(96-27,97-28)98-29/h30-67H2,1-29H3. The molecule has 0 aliphatic carbocycles. The van der Waals surface area contributed by atoms with E-state index in [0.717, 1.165) is 169 Å². The average Bonchev–Trinajstić information content (AvgIpc) is 0.824. The van der Waals surface area contributed by atoms with E-state index in [1.165, 1.54) is 0 Å². The van der Waals surface area contributed by atoms with Crippen molar-refractivity contribution in [3.63, 3.8) is 0 Å². The molecule has 0 radical (unpaired) electrons. The molecule has 0 heterocycles. The van der Waals surface area contributed by atoms with Gasteiger partial charge in [0.15, 0.2) is 0 Å². The lowest BCUT2D eigenvalue weighted by molar-refractivity contribution is -0.130. The Kier molecular flexibility index (Phi) is 58.6. The molecule has 0 atom stereocenters. The normalized spacial score (nSPS) is 13.9. The van der Waals surface area contributed by atoms with Crippen LogP contribution < -0.4 is 0 Å². The van der Waals surface area contributed by atoms with Gasteiger partial charge in [-0.25, -0.2) is 0 Å². The summed E-state index contributed by atoms with van der Waals surface area (Å²) in [5, 5.41) is 0. The van der Waals surface area contributed by atoms with Crippen LogP contribution in [0.5, 0.6) is 0 Å². The molecule has 110 heavy (non-hydrogen) atoms. The summed E-state index contributed by atoms with van der Waals surface area (Å²) < 4.78 is 165. The summed E-state index contributed by atoms with van der Waals surface area (Å²) in [5.74, 6) is 0.0664. The summed E-state index contributed by atoms with van der Waals surface area (Å²) in [4.78, 5) is 16.6. The molecule has 29 nitrogen and oxygen atoms in total. The number of nitrogens with zero attached hydrogens (tertiary/aromatic N) is 1. The molecule has 0 aliphatic heterocycles. The van der Waals surface area contributed by atoms with Crippen LogP contribution in [0.3, 0.4) is 0 Å². The van der Waals surface area contributed by atoms with Gasteiger partial charge in [0.2, 0.25) is 5.91 Å². The summed E-state index contributed by atoms with van der Waals surface area (Å²) in [6.07, 6.45) is 13.3. The number of amides is 1. The molecule has 0 spiro atoms. The Labute approximate surface area is 681 Å². The van der Waals surface area contributed by atoms with E-state index in [1.807, 2.05) is 0 Å². The van der Waals surface area contributed by atoms with Gasteiger partial charge in [-0.2, -0.15) is 0 Å². The fourth-order valence-electron chi connectivity index (χ4n) is 17.4. The Morgan fingerprint density at radius 3 is 0.427 bits per heavy atom. The van der Waals surface area contributed by atoms with Crippen molar-refractivity contribution >= 4 is 109 Å². The lowest BCUT2D eigenvalue weighted by Crippen LogP contribution is -2.46. The highest BCUT2D eigenvalue weighted by molar-refractivity contribution is 6.81. The molecule has 0 rings (SSSR count). The van der Waals surface area contributed by atoms with E-state index >= 15 is 0 Å². The third-order valence-electron chi connectivity index (χ3n) is 24.7. The van der Waals surface area contributed by atoms with Crippen molar-refractivity contribution in [2.45, 2.75) is 237 Å². The van der Waals surface area contributed by atoms with Gasteiger partial charge < -0.3 is 124 Å². The highest BCUT2D eigenvalue weighted by Crippen LogP contribution is 2.47. The summed E-state index contributed by atoms with van der Waals surface area (Å²) in [6, 6.07) is 18.1. The third kappa shape index (κ3) is 35.6. The van der Waals surface area contributed by atoms with E-state index in [2.05, 4.69) is 11.8 Å². The van der Waals surface area contributed by atoms with Crippen LogP contribution in [0, 0.1) is 5.41 Å². The Bertz CT molecular complexity index is 1790. The highest BCUT2D eigenvalue weighted by Gasteiger charge is 2.49. The average molecular weight is 1790 g/mol. The minimum Gasteiger partial charge on any atom is -0.377 e. The molecule has 0 aromatic rings. The van der Waals surface area contributed by atoms with Crippen LogP contribution in [0.15, 0.2) is 0 Å². The van der Waals surface area contributed by atoms with Crippen LogP contribution in [0.1, 0.15) is 110 Å². The Hall–Kier alpha value is 0.993. The van der Waals surface area contributed by atoms with Crippen LogP contribution in [-0.4, -0.2) is 319 Å². The van der Waals surface area contributed by atoms with E-state index < -0.39 is 103 Å². The Morgan fingerprint density at radius 1 is 0.209 bits per heavy atom. The third-order valence-corrected chi connectivity index (χ3v) is 67.2. The van der Waals surface area contributed by atoms with E-state index in [1.54, 1.807) is 199 Å². The molecule has 0 saturated carbocycles. The number of rotatable bonds is 78. The second-order valence-corrected chi connectivity index (χ2v) is 72.3. The summed E-state index contributed by atoms with van der Waals surface area (Å²) >= 11 is 0. The Balaban J connectivity index is 9.68. The maximum absolute atomic E-state index is 14.5. The van der Waals surface area contributed by atoms with Gasteiger partial charge in [0.25, 0.3) is 0 Å². The molecule has 41 heteroatoms. The first-order chi connectivity index (χ1) is 52.5. The summed E-state index contributed by atoms with van der Waals surface area (Å²) in [5.41, 5.74) is -0.335. The second-order valence-electron chi connectivity index (χ2n) is 29.4. The van der Waals surface area contributed by atoms with Crippen molar-refractivity contribution in [2.75, 3.05) is 205 Å². The van der Waals surface area contributed by atoms with Crippen LogP contribution in [0.2, 0.25) is 127 Å². The van der Waals surface area contributed by atoms with E-state index in [-0.39, 0.29) is 11.3 Å². The van der Waals surface area contributed by atoms with Crippen molar-refractivity contribution in [1.82, 2.24) is 4.90 Å². The zero-order chi connectivity index (χ0) is 83.6. The Morgan fingerprint density at radius 2 is 0.327 bits per heavy atom. The maximum Gasteiger partial charge on any atom is 0.500 e. The van der Waals surface area contributed by atoms with Crippen LogP contribution >= 0.6 is 0 Å². The molecule has 0 unspecified atom stereocenters. The van der Waals surface area contributed by atoms with Crippen LogP contribution in [-0.2, 0) is 124 Å². The first kappa shape index (κ1) is 111. The molecular formula is C69H163NO28Si12. The minimum absolute atomic E-state index is 0.0664. The van der Waals surface area contributed by atoms with Crippen LogP contribution in [0.25, 0.3) is 0 Å². The highest BCUT2D eigenvalue weighted by atomic mass is 28.4. The second kappa shape index (κ2) is 58.1. The monoisotopic (exact) mass is 1790 g/mol. The fourth-order valence-corrected chi connectivity index (χ4v) is 51.7. The van der Waals surface area contributed by atoms with Crippen molar-refractivity contribution in [3.05, 3.63) is 0 Å². The van der Waals surface area contributed by atoms with Gasteiger partial charge in [-0.05, 0) is 31.6 Å². The first-order valence-corrected chi connectivity index (χ1v) is 65.5. The SMILES string of the molecule is CCN(CC(CCC[Si](CCC[Si](OC)(OC)OC)(CCC[Si](OC)(OC)OC)CCC[Si](OC)(OC)OC)(CCC[Si](CCC[Si](OC)(OC)OC)(CCC[Si](OC)(OC)OC)CCC[Si](OC)(OC)OC)CCC[Si](CCC[Si](OC)(OC)OC)(CCC[Si](OC)(OC)OC)CCC[Si](OC)(OC)OC)C(C)=O. The predicted octanol–water partition coefficient (Wildman–Crippen LogP) is 13.9. The summed E-state index contributed by atoms with van der Waals surface area (Å²) in [7, 11) is 11.7. The molecule has 660 valence electrons. The quantitative estimate of drug-likeness (QED) is 0.0512. The smallest absolute Gasteiger partial charge is 0.377 e. The van der Waals surface area contributed by atoms with E-state index in [0.29, 0.717) is 67.5 Å². The van der Waals surface area contributed by atoms with Gasteiger partial charge >= 0.3 is 79.2 Å². The van der Waals surface area contributed by atoms with Gasteiger partial charge in [0.1, 0.15) is 0 Å². The largest absolute Gasteiger partial charge is 0.500 e. The van der Waals surface area contributed by atoms with Crippen LogP contribution in [0.4, 0.5) is 0 Å². The molecule has 0 aromatic heterocycles. The van der Waals surface area contributed by atoms with Crippen molar-refractivity contribution in [3.8, 4) is 0 Å². The summed E-state index contributed by atoms with van der Waals surface area (Å²) in [6.45, 7) is 5.05. The maximum atomic E-state index is 14.5.